The molecule has 0 atom stereocenters. The smallest absolute Gasteiger partial charge is 0.356 e. The van der Waals surface area contributed by atoms with E-state index in [4.69, 9.17) is 5.11 Å². The van der Waals surface area contributed by atoms with Gasteiger partial charge in [-0.15, -0.1) is 0 Å². The predicted molar refractivity (Wildman–Crippen MR) is 69.6 cm³/mol. The fourth-order valence-corrected chi connectivity index (χ4v) is 1.30. The van der Waals surface area contributed by atoms with Crippen molar-refractivity contribution in [3.63, 3.8) is 0 Å². The molecular formula is C11H14BrN3O2. The Kier molecular flexibility index (Phi) is 4.62. The quantitative estimate of drug-likeness (QED) is 0.874. The van der Waals surface area contributed by atoms with Gasteiger partial charge in [-0.1, -0.05) is 36.4 Å². The third-order valence-corrected chi connectivity index (χ3v) is 2.28. The number of hydrogen-bond acceptors (Lipinski definition) is 4. The maximum Gasteiger partial charge on any atom is 0.356 e. The Morgan fingerprint density at radius 2 is 2.29 bits per heavy atom. The first-order chi connectivity index (χ1) is 7.91. The maximum absolute atomic E-state index is 11.1. The van der Waals surface area contributed by atoms with Crippen LogP contribution in [0.25, 0.3) is 0 Å². The van der Waals surface area contributed by atoms with Crippen LogP contribution >= 0.6 is 15.9 Å². The Labute approximate surface area is 108 Å². The number of nitrogens with zero attached hydrogens (tertiary/aromatic N) is 2. The summed E-state index contributed by atoms with van der Waals surface area (Å²) in [4.78, 5) is 19.2. The van der Waals surface area contributed by atoms with E-state index in [-0.39, 0.29) is 11.6 Å². The van der Waals surface area contributed by atoms with Gasteiger partial charge >= 0.3 is 5.97 Å². The molecule has 0 aliphatic heterocycles. The lowest BCUT2D eigenvalue weighted by atomic mass is 10.2. The fraction of sp³-hybridized carbons (Fsp3) is 0.364. The number of carbonyl (C=O) groups is 1. The van der Waals surface area contributed by atoms with E-state index in [1.165, 1.54) is 6.20 Å². The van der Waals surface area contributed by atoms with Crippen LogP contribution in [0.2, 0.25) is 0 Å². The van der Waals surface area contributed by atoms with E-state index in [9.17, 15) is 4.79 Å². The first-order valence-electron chi connectivity index (χ1n) is 5.09. The Bertz CT molecular complexity index is 446. The van der Waals surface area contributed by atoms with E-state index in [2.05, 4.69) is 37.8 Å². The third-order valence-electron chi connectivity index (χ3n) is 2.00. The summed E-state index contributed by atoms with van der Waals surface area (Å²) >= 11 is 3.19. The molecular weight excluding hydrogens is 286 g/mol. The van der Waals surface area contributed by atoms with Crippen LogP contribution in [0, 0.1) is 0 Å². The van der Waals surface area contributed by atoms with Gasteiger partial charge in [-0.2, -0.15) is 0 Å². The summed E-state index contributed by atoms with van der Waals surface area (Å²) in [6, 6.07) is 0. The largest absolute Gasteiger partial charge is 0.476 e. The van der Waals surface area contributed by atoms with Crippen molar-refractivity contribution in [2.24, 2.45) is 0 Å². The molecule has 0 saturated heterocycles. The Morgan fingerprint density at radius 1 is 1.65 bits per heavy atom. The lowest BCUT2D eigenvalue weighted by Gasteiger charge is -2.10. The summed E-state index contributed by atoms with van der Waals surface area (Å²) in [5.74, 6) is -0.462. The van der Waals surface area contributed by atoms with Gasteiger partial charge in [0.25, 0.3) is 0 Å². The lowest BCUT2D eigenvalue weighted by molar-refractivity contribution is 0.0691. The van der Waals surface area contributed by atoms with Gasteiger partial charge in [-0.3, -0.25) is 0 Å². The van der Waals surface area contributed by atoms with Crippen LogP contribution in [-0.4, -0.2) is 27.6 Å². The monoisotopic (exact) mass is 299 g/mol. The molecule has 0 saturated carbocycles. The van der Waals surface area contributed by atoms with Crippen molar-refractivity contribution >= 4 is 27.6 Å². The van der Waals surface area contributed by atoms with E-state index in [1.54, 1.807) is 0 Å². The highest BCUT2D eigenvalue weighted by molar-refractivity contribution is 9.11. The summed E-state index contributed by atoms with van der Waals surface area (Å²) in [7, 11) is 0. The van der Waals surface area contributed by atoms with Crippen molar-refractivity contribution in [1.82, 2.24) is 9.97 Å². The van der Waals surface area contributed by atoms with Gasteiger partial charge in [0.05, 0.1) is 11.9 Å². The first kappa shape index (κ1) is 13.6. The Hall–Kier alpha value is -1.43. The van der Waals surface area contributed by atoms with E-state index < -0.39 is 5.97 Å². The highest BCUT2D eigenvalue weighted by Crippen LogP contribution is 2.17. The van der Waals surface area contributed by atoms with Gasteiger partial charge in [0.2, 0.25) is 0 Å². The van der Waals surface area contributed by atoms with Crippen LogP contribution in [0.5, 0.6) is 0 Å². The minimum absolute atomic E-state index is 0.0162. The highest BCUT2D eigenvalue weighted by atomic mass is 79.9. The summed E-state index contributed by atoms with van der Waals surface area (Å²) in [5, 5.41) is 12.0. The Morgan fingerprint density at radius 3 is 2.76 bits per heavy atom. The van der Waals surface area contributed by atoms with Gasteiger partial charge in [-0.05, 0) is 0 Å². The molecule has 0 bridgehead atoms. The second kappa shape index (κ2) is 5.77. The fourth-order valence-electron chi connectivity index (χ4n) is 1.16. The molecule has 5 nitrogen and oxygen atoms in total. The molecule has 92 valence electrons. The molecule has 0 spiro atoms. The summed E-state index contributed by atoms with van der Waals surface area (Å²) in [5.41, 5.74) is 0.375. The molecule has 0 radical (unpaired) electrons. The number of aromatic carboxylic acids is 1. The van der Waals surface area contributed by atoms with Crippen LogP contribution in [0.3, 0.4) is 0 Å². The van der Waals surface area contributed by atoms with Gasteiger partial charge in [0.1, 0.15) is 5.82 Å². The number of hydrogen-bond donors (Lipinski definition) is 2. The standard InChI is InChI=1S/C11H14BrN3O2/c1-6(2)10-14-5-8(13-4-7(3)12)9(15-10)11(16)17/h5-6,13H,3-4H2,1-2H3,(H,16,17). The molecule has 1 rings (SSSR count). The van der Waals surface area contributed by atoms with Gasteiger partial charge in [0.15, 0.2) is 5.69 Å². The van der Waals surface area contributed by atoms with Crippen molar-refractivity contribution in [2.45, 2.75) is 19.8 Å². The Balaban J connectivity index is 3.04. The molecule has 0 fully saturated rings. The van der Waals surface area contributed by atoms with Crippen molar-refractivity contribution in [3.8, 4) is 0 Å². The van der Waals surface area contributed by atoms with E-state index in [0.29, 0.717) is 18.1 Å². The number of carboxylic acids is 1. The average Bonchev–Trinajstić information content (AvgIpc) is 2.25. The number of carboxylic acid groups (broad SMARTS) is 1. The van der Waals surface area contributed by atoms with Crippen LogP contribution in [-0.2, 0) is 0 Å². The maximum atomic E-state index is 11.1. The molecule has 0 aromatic carbocycles. The normalized spacial score (nSPS) is 10.4. The molecule has 17 heavy (non-hydrogen) atoms. The van der Waals surface area contributed by atoms with Crippen LogP contribution < -0.4 is 5.32 Å². The molecule has 2 N–H and O–H groups in total. The molecule has 0 unspecified atom stereocenters. The van der Waals surface area contributed by atoms with E-state index in [0.717, 1.165) is 4.48 Å². The third kappa shape index (κ3) is 3.81. The van der Waals surface area contributed by atoms with Crippen molar-refractivity contribution < 1.29 is 9.90 Å². The zero-order valence-corrected chi connectivity index (χ0v) is 11.3. The molecule has 0 aliphatic rings. The number of halogens is 1. The molecule has 1 heterocycles. The van der Waals surface area contributed by atoms with Gasteiger partial charge in [0, 0.05) is 16.9 Å². The number of nitrogens with one attached hydrogen (secondary N) is 1. The van der Waals surface area contributed by atoms with Crippen LogP contribution in [0.1, 0.15) is 36.1 Å². The topological polar surface area (TPSA) is 75.1 Å². The summed E-state index contributed by atoms with van der Waals surface area (Å²) < 4.78 is 0.724. The lowest BCUT2D eigenvalue weighted by Crippen LogP contribution is -2.12. The van der Waals surface area contributed by atoms with Crippen LogP contribution in [0.4, 0.5) is 5.69 Å². The minimum Gasteiger partial charge on any atom is -0.476 e. The molecule has 6 heteroatoms. The number of anilines is 1. The van der Waals surface area contributed by atoms with E-state index in [1.807, 2.05) is 13.8 Å². The van der Waals surface area contributed by atoms with Gasteiger partial charge in [-0.25, -0.2) is 14.8 Å². The average molecular weight is 300 g/mol. The van der Waals surface area contributed by atoms with Crippen molar-refractivity contribution in [1.29, 1.82) is 0 Å². The second-order valence-corrected chi connectivity index (χ2v) is 4.94. The van der Waals surface area contributed by atoms with Gasteiger partial charge < -0.3 is 10.4 Å². The first-order valence-corrected chi connectivity index (χ1v) is 5.88. The van der Waals surface area contributed by atoms with Crippen LogP contribution in [0.15, 0.2) is 17.3 Å². The molecule has 0 aliphatic carbocycles. The van der Waals surface area contributed by atoms with E-state index >= 15 is 0 Å². The molecule has 0 amide bonds. The predicted octanol–water partition coefficient (Wildman–Crippen LogP) is 2.62. The number of aromatic nitrogens is 2. The molecule has 1 aromatic heterocycles. The SMILES string of the molecule is C=C(Br)CNc1cnc(C(C)C)nc1C(=O)O. The second-order valence-electron chi connectivity index (χ2n) is 3.82. The zero-order chi connectivity index (χ0) is 13.0. The summed E-state index contributed by atoms with van der Waals surface area (Å²) in [6.07, 6.45) is 1.49. The zero-order valence-electron chi connectivity index (χ0n) is 9.70. The minimum atomic E-state index is -1.07. The molecule has 1 aromatic rings. The summed E-state index contributed by atoms with van der Waals surface area (Å²) in [6.45, 7) is 7.90. The van der Waals surface area contributed by atoms with Crippen molar-refractivity contribution in [3.05, 3.63) is 28.8 Å². The van der Waals surface area contributed by atoms with Crippen molar-refractivity contribution in [2.75, 3.05) is 11.9 Å². The number of rotatable bonds is 5. The highest BCUT2D eigenvalue weighted by Gasteiger charge is 2.15.